The molecule has 1 aromatic carbocycles. The zero-order valence-corrected chi connectivity index (χ0v) is 11.0. The summed E-state index contributed by atoms with van der Waals surface area (Å²) in [6.07, 6.45) is 1.54. The Hall–Kier alpha value is -1.82. The van der Waals surface area contributed by atoms with Crippen molar-refractivity contribution < 1.29 is 13.7 Å². The zero-order valence-electron chi connectivity index (χ0n) is 10.2. The van der Waals surface area contributed by atoms with E-state index >= 15 is 0 Å². The van der Waals surface area contributed by atoms with E-state index < -0.39 is 0 Å². The van der Waals surface area contributed by atoms with E-state index in [2.05, 4.69) is 5.16 Å². The highest BCUT2D eigenvalue weighted by atomic mass is 32.2. The number of anilines is 1. The summed E-state index contributed by atoms with van der Waals surface area (Å²) in [5.41, 5.74) is 1.56. The van der Waals surface area contributed by atoms with Crippen LogP contribution in [-0.4, -0.2) is 16.8 Å². The van der Waals surface area contributed by atoms with Crippen LogP contribution in [0.3, 0.4) is 0 Å². The van der Waals surface area contributed by atoms with Crippen molar-refractivity contribution in [1.29, 1.82) is 0 Å². The molecular weight excluding hydrogens is 267 g/mol. The lowest BCUT2D eigenvalue weighted by molar-refractivity contribution is -0.115. The van der Waals surface area contributed by atoms with E-state index in [0.717, 1.165) is 5.56 Å². The Kier molecular flexibility index (Phi) is 3.02. The molecule has 0 aliphatic carbocycles. The van der Waals surface area contributed by atoms with E-state index in [4.69, 9.17) is 4.52 Å². The normalized spacial score (nSPS) is 19.2. The van der Waals surface area contributed by atoms with Crippen LogP contribution in [0.15, 0.2) is 35.0 Å². The van der Waals surface area contributed by atoms with Gasteiger partial charge in [-0.2, -0.15) is 0 Å². The first-order valence-corrected chi connectivity index (χ1v) is 6.82. The molecule has 1 amide bonds. The van der Waals surface area contributed by atoms with Gasteiger partial charge in [0.1, 0.15) is 16.9 Å². The molecule has 0 bridgehead atoms. The second kappa shape index (κ2) is 4.70. The third kappa shape index (κ3) is 2.12. The lowest BCUT2D eigenvalue weighted by Crippen LogP contribution is -2.28. The maximum atomic E-state index is 13.0. The number of thioether (sulfide) groups is 1. The summed E-state index contributed by atoms with van der Waals surface area (Å²) in [5.74, 6) is 0.714. The molecule has 0 radical (unpaired) electrons. The van der Waals surface area contributed by atoms with Gasteiger partial charge in [-0.05, 0) is 24.6 Å². The summed E-state index contributed by atoms with van der Waals surface area (Å²) < 4.78 is 18.0. The Morgan fingerprint density at radius 3 is 2.79 bits per heavy atom. The summed E-state index contributed by atoms with van der Waals surface area (Å²) in [4.78, 5) is 13.7. The number of halogens is 1. The standard InChI is InChI=1S/C13H11FN2O2S/c1-8-11(6-15-18-8)16-12(17)7-19-13(16)9-2-4-10(14)5-3-9/h2-6,13H,7H2,1H3. The molecule has 1 aromatic heterocycles. The molecule has 2 aromatic rings. The van der Waals surface area contributed by atoms with Crippen LogP contribution in [-0.2, 0) is 4.79 Å². The number of aryl methyl sites for hydroxylation is 1. The van der Waals surface area contributed by atoms with Crippen molar-refractivity contribution in [3.63, 3.8) is 0 Å². The van der Waals surface area contributed by atoms with E-state index in [1.165, 1.54) is 30.1 Å². The lowest BCUT2D eigenvalue weighted by Gasteiger charge is -2.22. The second-order valence-electron chi connectivity index (χ2n) is 4.25. The van der Waals surface area contributed by atoms with Crippen LogP contribution in [0, 0.1) is 12.7 Å². The molecule has 98 valence electrons. The van der Waals surface area contributed by atoms with Crippen LogP contribution in [0.25, 0.3) is 0 Å². The zero-order chi connectivity index (χ0) is 13.4. The lowest BCUT2D eigenvalue weighted by atomic mass is 10.2. The Balaban J connectivity index is 1.99. The van der Waals surface area contributed by atoms with Crippen molar-refractivity contribution in [3.05, 3.63) is 47.6 Å². The van der Waals surface area contributed by atoms with Gasteiger partial charge in [0.25, 0.3) is 0 Å². The molecule has 1 fully saturated rings. The summed E-state index contributed by atoms with van der Waals surface area (Å²) in [7, 11) is 0. The molecule has 19 heavy (non-hydrogen) atoms. The molecule has 6 heteroatoms. The molecule has 1 aliphatic heterocycles. The Labute approximate surface area is 113 Å². The maximum absolute atomic E-state index is 13.0. The fourth-order valence-corrected chi connectivity index (χ4v) is 3.25. The minimum Gasteiger partial charge on any atom is -0.359 e. The first kappa shape index (κ1) is 12.2. The number of hydrogen-bond donors (Lipinski definition) is 0. The highest BCUT2D eigenvalue weighted by Gasteiger charge is 2.35. The summed E-state index contributed by atoms with van der Waals surface area (Å²) in [6, 6.07) is 6.19. The molecule has 1 unspecified atom stereocenters. The van der Waals surface area contributed by atoms with Crippen LogP contribution in [0.5, 0.6) is 0 Å². The number of amides is 1. The van der Waals surface area contributed by atoms with E-state index in [-0.39, 0.29) is 17.1 Å². The molecule has 0 spiro atoms. The van der Waals surface area contributed by atoms with Gasteiger partial charge in [0.2, 0.25) is 5.91 Å². The molecule has 1 saturated heterocycles. The third-order valence-corrected chi connectivity index (χ3v) is 4.22. The van der Waals surface area contributed by atoms with Crippen molar-refractivity contribution in [2.24, 2.45) is 0 Å². The minimum absolute atomic E-state index is 0.00521. The quantitative estimate of drug-likeness (QED) is 0.847. The average Bonchev–Trinajstić information content (AvgIpc) is 2.96. The Morgan fingerprint density at radius 2 is 2.16 bits per heavy atom. The summed E-state index contributed by atoms with van der Waals surface area (Å²) >= 11 is 1.51. The number of benzene rings is 1. The van der Waals surface area contributed by atoms with Gasteiger partial charge in [-0.15, -0.1) is 11.8 Å². The molecule has 3 rings (SSSR count). The van der Waals surface area contributed by atoms with Gasteiger partial charge in [-0.3, -0.25) is 9.69 Å². The van der Waals surface area contributed by atoms with Gasteiger partial charge in [-0.1, -0.05) is 17.3 Å². The van der Waals surface area contributed by atoms with Crippen molar-refractivity contribution in [1.82, 2.24) is 5.16 Å². The first-order chi connectivity index (χ1) is 9.16. The fraction of sp³-hybridized carbons (Fsp3) is 0.231. The number of aromatic nitrogens is 1. The third-order valence-electron chi connectivity index (χ3n) is 3.01. The van der Waals surface area contributed by atoms with Gasteiger partial charge in [-0.25, -0.2) is 4.39 Å². The van der Waals surface area contributed by atoms with Crippen LogP contribution in [0.1, 0.15) is 16.7 Å². The van der Waals surface area contributed by atoms with Crippen LogP contribution < -0.4 is 4.90 Å². The average molecular weight is 278 g/mol. The minimum atomic E-state index is -0.286. The van der Waals surface area contributed by atoms with Crippen molar-refractivity contribution in [2.75, 3.05) is 10.7 Å². The Bertz CT molecular complexity index is 611. The predicted octanol–water partition coefficient (Wildman–Crippen LogP) is 2.90. The van der Waals surface area contributed by atoms with Crippen molar-refractivity contribution in [3.8, 4) is 0 Å². The van der Waals surface area contributed by atoms with Crippen molar-refractivity contribution in [2.45, 2.75) is 12.3 Å². The highest BCUT2D eigenvalue weighted by Crippen LogP contribution is 2.42. The largest absolute Gasteiger partial charge is 0.359 e. The molecule has 4 nitrogen and oxygen atoms in total. The summed E-state index contributed by atoms with van der Waals surface area (Å²) in [6.45, 7) is 1.76. The highest BCUT2D eigenvalue weighted by molar-refractivity contribution is 8.00. The summed E-state index contributed by atoms with van der Waals surface area (Å²) in [5, 5.41) is 3.54. The van der Waals surface area contributed by atoms with Gasteiger partial charge >= 0.3 is 0 Å². The number of carbonyl (C=O) groups excluding carboxylic acids is 1. The van der Waals surface area contributed by atoms with Gasteiger partial charge < -0.3 is 4.52 Å². The number of rotatable bonds is 2. The SMILES string of the molecule is Cc1oncc1N1C(=O)CSC1c1ccc(F)cc1. The fourth-order valence-electron chi connectivity index (χ4n) is 2.08. The molecule has 2 heterocycles. The monoisotopic (exact) mass is 278 g/mol. The first-order valence-electron chi connectivity index (χ1n) is 5.77. The van der Waals surface area contributed by atoms with E-state index in [9.17, 15) is 9.18 Å². The molecule has 1 aliphatic rings. The van der Waals surface area contributed by atoms with Gasteiger partial charge in [0.05, 0.1) is 11.9 Å². The number of hydrogen-bond acceptors (Lipinski definition) is 4. The smallest absolute Gasteiger partial charge is 0.238 e. The van der Waals surface area contributed by atoms with Gasteiger partial charge in [0.15, 0.2) is 5.76 Å². The van der Waals surface area contributed by atoms with Crippen LogP contribution in [0.2, 0.25) is 0 Å². The predicted molar refractivity (Wildman–Crippen MR) is 70.3 cm³/mol. The topological polar surface area (TPSA) is 46.3 Å². The van der Waals surface area contributed by atoms with E-state index in [1.54, 1.807) is 24.0 Å². The molecular formula is C13H11FN2O2S. The van der Waals surface area contributed by atoms with E-state index in [0.29, 0.717) is 17.2 Å². The second-order valence-corrected chi connectivity index (χ2v) is 5.31. The van der Waals surface area contributed by atoms with E-state index in [1.807, 2.05) is 0 Å². The number of carbonyl (C=O) groups is 1. The van der Waals surface area contributed by atoms with Gasteiger partial charge in [0, 0.05) is 0 Å². The molecule has 0 saturated carbocycles. The molecule has 0 N–H and O–H groups in total. The van der Waals surface area contributed by atoms with Crippen LogP contribution in [0.4, 0.5) is 10.1 Å². The maximum Gasteiger partial charge on any atom is 0.238 e. The Morgan fingerprint density at radius 1 is 1.42 bits per heavy atom. The molecule has 1 atom stereocenters. The number of nitrogens with zero attached hydrogens (tertiary/aromatic N) is 2. The van der Waals surface area contributed by atoms with Crippen molar-refractivity contribution >= 4 is 23.4 Å². The van der Waals surface area contributed by atoms with Crippen LogP contribution >= 0.6 is 11.8 Å².